The zero-order chi connectivity index (χ0) is 23.5. The fourth-order valence-corrected chi connectivity index (χ4v) is 4.63. The fraction of sp³-hybridized carbons (Fsp3) is 0.500. The Morgan fingerprint density at radius 2 is 2.00 bits per heavy atom. The summed E-state index contributed by atoms with van der Waals surface area (Å²) in [4.78, 5) is 37.3. The first-order valence-electron chi connectivity index (χ1n) is 10.3. The van der Waals surface area contributed by atoms with E-state index in [0.717, 1.165) is 10.9 Å². The summed E-state index contributed by atoms with van der Waals surface area (Å²) in [5.41, 5.74) is 0.00126. The normalized spacial score (nSPS) is 17.2. The minimum absolute atomic E-state index is 0.200. The molecule has 11 nitrogen and oxygen atoms in total. The minimum Gasteiger partial charge on any atom is -0.462 e. The number of hydrogen-bond acceptors (Lipinski definition) is 7. The molecule has 0 saturated carbocycles. The Kier molecular flexibility index (Phi) is 7.14. The first-order valence-corrected chi connectivity index (χ1v) is 12.1. The van der Waals surface area contributed by atoms with Crippen molar-refractivity contribution < 1.29 is 22.7 Å². The third kappa shape index (κ3) is 5.25. The molecule has 12 heteroatoms. The third-order valence-electron chi connectivity index (χ3n) is 5.28. The molecule has 3 rings (SSSR count). The van der Waals surface area contributed by atoms with Crippen molar-refractivity contribution >= 4 is 27.6 Å². The van der Waals surface area contributed by atoms with Crippen LogP contribution in [0.4, 0.5) is 5.69 Å². The number of carbonyl (C=O) groups excluding carboxylic acids is 2. The lowest BCUT2D eigenvalue weighted by Crippen LogP contribution is -2.39. The molecule has 0 unspecified atom stereocenters. The SMILES string of the molecule is CCOC(=O)c1ccccc1NC(=O)Cn1nc([C@@H]2CCCN(S(C)(=O)=O)C2)n(C)c1=O. The Balaban J connectivity index is 1.76. The number of para-hydroxylation sites is 1. The largest absolute Gasteiger partial charge is 0.462 e. The lowest BCUT2D eigenvalue weighted by Gasteiger charge is -2.30. The second-order valence-corrected chi connectivity index (χ2v) is 9.61. The van der Waals surface area contributed by atoms with Crippen molar-refractivity contribution in [2.75, 3.05) is 31.3 Å². The van der Waals surface area contributed by atoms with Gasteiger partial charge in [-0.1, -0.05) is 12.1 Å². The van der Waals surface area contributed by atoms with Crippen LogP contribution in [0.2, 0.25) is 0 Å². The Labute approximate surface area is 186 Å². The standard InChI is InChI=1S/C20H27N5O6S/c1-4-31-19(27)15-9-5-6-10-16(15)21-17(26)13-25-20(28)23(2)18(22-25)14-8-7-11-24(12-14)32(3,29)30/h5-6,9-10,14H,4,7-8,11-13H2,1-3H3,(H,21,26)/t14-/m1/s1. The lowest BCUT2D eigenvalue weighted by molar-refractivity contribution is -0.117. The van der Waals surface area contributed by atoms with E-state index in [4.69, 9.17) is 4.74 Å². The molecule has 0 bridgehead atoms. The number of esters is 1. The molecule has 1 aliphatic heterocycles. The summed E-state index contributed by atoms with van der Waals surface area (Å²) in [7, 11) is -1.79. The molecule has 1 amide bonds. The summed E-state index contributed by atoms with van der Waals surface area (Å²) in [6, 6.07) is 6.43. The van der Waals surface area contributed by atoms with Gasteiger partial charge in [0.05, 0.1) is 24.1 Å². The fourth-order valence-electron chi connectivity index (χ4n) is 3.72. The van der Waals surface area contributed by atoms with Gasteiger partial charge in [0.2, 0.25) is 15.9 Å². The molecule has 32 heavy (non-hydrogen) atoms. The van der Waals surface area contributed by atoms with E-state index in [1.165, 1.54) is 14.9 Å². The van der Waals surface area contributed by atoms with Gasteiger partial charge in [-0.2, -0.15) is 5.10 Å². The van der Waals surface area contributed by atoms with Gasteiger partial charge in [-0.15, -0.1) is 0 Å². The van der Waals surface area contributed by atoms with Crippen LogP contribution < -0.4 is 11.0 Å². The van der Waals surface area contributed by atoms with E-state index in [9.17, 15) is 22.8 Å². The van der Waals surface area contributed by atoms with E-state index in [2.05, 4.69) is 10.4 Å². The van der Waals surface area contributed by atoms with Crippen molar-refractivity contribution in [1.29, 1.82) is 0 Å². The van der Waals surface area contributed by atoms with Crippen molar-refractivity contribution in [2.24, 2.45) is 7.05 Å². The molecule has 1 saturated heterocycles. The van der Waals surface area contributed by atoms with Gasteiger partial charge in [0.1, 0.15) is 12.4 Å². The number of amides is 1. The molecule has 0 spiro atoms. The van der Waals surface area contributed by atoms with E-state index in [1.54, 1.807) is 32.2 Å². The topological polar surface area (TPSA) is 133 Å². The van der Waals surface area contributed by atoms with Gasteiger partial charge >= 0.3 is 11.7 Å². The molecular weight excluding hydrogens is 438 g/mol. The van der Waals surface area contributed by atoms with E-state index in [-0.39, 0.29) is 36.9 Å². The Morgan fingerprint density at radius 3 is 2.69 bits per heavy atom. The molecule has 0 radical (unpaired) electrons. The van der Waals surface area contributed by atoms with Crippen LogP contribution in [0.1, 0.15) is 41.9 Å². The van der Waals surface area contributed by atoms with Gasteiger partial charge in [0.15, 0.2) is 0 Å². The number of aromatic nitrogens is 3. The monoisotopic (exact) mass is 465 g/mol. The Hall–Kier alpha value is -2.99. The summed E-state index contributed by atoms with van der Waals surface area (Å²) in [5, 5.41) is 6.94. The average molecular weight is 466 g/mol. The smallest absolute Gasteiger partial charge is 0.346 e. The van der Waals surface area contributed by atoms with E-state index in [1.807, 2.05) is 0 Å². The van der Waals surface area contributed by atoms with Gasteiger partial charge in [0, 0.05) is 26.1 Å². The Bertz CT molecular complexity index is 1170. The maximum absolute atomic E-state index is 12.6. The summed E-state index contributed by atoms with van der Waals surface area (Å²) in [6.07, 6.45) is 2.50. The van der Waals surface area contributed by atoms with Crippen LogP contribution >= 0.6 is 0 Å². The molecule has 174 valence electrons. The van der Waals surface area contributed by atoms with Crippen molar-refractivity contribution in [2.45, 2.75) is 32.2 Å². The Morgan fingerprint density at radius 1 is 1.28 bits per heavy atom. The van der Waals surface area contributed by atoms with E-state index >= 15 is 0 Å². The number of nitrogens with zero attached hydrogens (tertiary/aromatic N) is 4. The summed E-state index contributed by atoms with van der Waals surface area (Å²) < 4.78 is 32.6. The van der Waals surface area contributed by atoms with Crippen LogP contribution in [-0.4, -0.2) is 64.9 Å². The first-order chi connectivity index (χ1) is 15.1. The highest BCUT2D eigenvalue weighted by Gasteiger charge is 2.30. The van der Waals surface area contributed by atoms with Crippen LogP contribution in [0.5, 0.6) is 0 Å². The van der Waals surface area contributed by atoms with Gasteiger partial charge in [-0.3, -0.25) is 9.36 Å². The quantitative estimate of drug-likeness (QED) is 0.590. The van der Waals surface area contributed by atoms with Gasteiger partial charge in [0.25, 0.3) is 0 Å². The predicted molar refractivity (Wildman–Crippen MR) is 117 cm³/mol. The molecular formula is C20H27N5O6S. The highest BCUT2D eigenvalue weighted by Crippen LogP contribution is 2.26. The number of nitrogens with one attached hydrogen (secondary N) is 1. The zero-order valence-electron chi connectivity index (χ0n) is 18.3. The van der Waals surface area contributed by atoms with Crippen LogP contribution in [-0.2, 0) is 33.1 Å². The summed E-state index contributed by atoms with van der Waals surface area (Å²) in [6.45, 7) is 2.21. The number of rotatable bonds is 7. The minimum atomic E-state index is -3.34. The number of anilines is 1. The number of ether oxygens (including phenoxy) is 1. The maximum atomic E-state index is 12.6. The molecule has 1 fully saturated rings. The second kappa shape index (κ2) is 9.65. The van der Waals surface area contributed by atoms with Gasteiger partial charge in [-0.25, -0.2) is 27.0 Å². The lowest BCUT2D eigenvalue weighted by atomic mass is 9.99. The second-order valence-electron chi connectivity index (χ2n) is 7.63. The number of carbonyl (C=O) groups is 2. The van der Waals surface area contributed by atoms with Gasteiger partial charge in [-0.05, 0) is 31.9 Å². The van der Waals surface area contributed by atoms with Crippen molar-refractivity contribution in [3.8, 4) is 0 Å². The van der Waals surface area contributed by atoms with Crippen LogP contribution in [0, 0.1) is 0 Å². The number of hydrogen-bond donors (Lipinski definition) is 1. The zero-order valence-corrected chi connectivity index (χ0v) is 19.1. The molecule has 1 N–H and O–H groups in total. The van der Waals surface area contributed by atoms with Crippen LogP contribution in [0.25, 0.3) is 0 Å². The molecule has 2 aromatic rings. The molecule has 2 heterocycles. The van der Waals surface area contributed by atoms with Crippen molar-refractivity contribution in [3.05, 3.63) is 46.1 Å². The molecule has 1 atom stereocenters. The highest BCUT2D eigenvalue weighted by atomic mass is 32.2. The number of sulfonamides is 1. The number of benzene rings is 1. The number of piperidine rings is 1. The molecule has 1 aliphatic rings. The highest BCUT2D eigenvalue weighted by molar-refractivity contribution is 7.88. The van der Waals surface area contributed by atoms with E-state index in [0.29, 0.717) is 25.2 Å². The summed E-state index contributed by atoms with van der Waals surface area (Å²) >= 11 is 0. The van der Waals surface area contributed by atoms with Crippen LogP contribution in [0.15, 0.2) is 29.1 Å². The van der Waals surface area contributed by atoms with Crippen molar-refractivity contribution in [3.63, 3.8) is 0 Å². The van der Waals surface area contributed by atoms with Crippen LogP contribution in [0.3, 0.4) is 0 Å². The first kappa shape index (κ1) is 23.7. The third-order valence-corrected chi connectivity index (χ3v) is 6.55. The average Bonchev–Trinajstić information content (AvgIpc) is 3.02. The molecule has 0 aliphatic carbocycles. The molecule has 1 aromatic carbocycles. The predicted octanol–water partition coefficient (Wildman–Crippen LogP) is 0.536. The summed E-state index contributed by atoms with van der Waals surface area (Å²) in [5.74, 6) is -0.906. The van der Waals surface area contributed by atoms with Crippen molar-refractivity contribution in [1.82, 2.24) is 18.7 Å². The van der Waals surface area contributed by atoms with E-state index < -0.39 is 27.6 Å². The maximum Gasteiger partial charge on any atom is 0.346 e. The van der Waals surface area contributed by atoms with Gasteiger partial charge < -0.3 is 10.1 Å². The molecule has 1 aromatic heterocycles.